The molecule has 3 rings (SSSR count). The lowest BCUT2D eigenvalue weighted by molar-refractivity contribution is -0.307. The number of aliphatic carboxylic acids is 1. The second-order valence-electron chi connectivity index (χ2n) is 5.23. The standard InChI is InChI=1S/C17H12Br2O4/c18-15-12(23-8-13(20)21)7-10-6-11(9-4-2-1-3-5-9)17(22)14(10)16(15)19/h1-5,7,11H,6,8H2,(H,20,21)/p-1. The van der Waals surface area contributed by atoms with Crippen LogP contribution in [0.5, 0.6) is 5.75 Å². The molecule has 0 heterocycles. The van der Waals surface area contributed by atoms with E-state index in [2.05, 4.69) is 31.9 Å². The average molecular weight is 439 g/mol. The van der Waals surface area contributed by atoms with Crippen molar-refractivity contribution in [3.63, 3.8) is 0 Å². The molecule has 0 amide bonds. The second-order valence-corrected chi connectivity index (χ2v) is 6.82. The molecule has 0 fully saturated rings. The van der Waals surface area contributed by atoms with Crippen molar-refractivity contribution in [3.8, 4) is 5.75 Å². The first-order chi connectivity index (χ1) is 11.0. The monoisotopic (exact) mass is 437 g/mol. The highest BCUT2D eigenvalue weighted by Crippen LogP contribution is 2.44. The third-order valence-electron chi connectivity index (χ3n) is 3.79. The van der Waals surface area contributed by atoms with Crippen LogP contribution in [0.2, 0.25) is 0 Å². The minimum Gasteiger partial charge on any atom is -0.546 e. The molecule has 0 saturated carbocycles. The molecule has 0 N–H and O–H groups in total. The highest BCUT2D eigenvalue weighted by Gasteiger charge is 2.35. The van der Waals surface area contributed by atoms with Gasteiger partial charge in [-0.1, -0.05) is 30.3 Å². The normalized spacial score (nSPS) is 16.3. The van der Waals surface area contributed by atoms with Gasteiger partial charge >= 0.3 is 0 Å². The zero-order valence-corrected chi connectivity index (χ0v) is 15.0. The molecule has 118 valence electrons. The quantitative estimate of drug-likeness (QED) is 0.736. The molecule has 1 unspecified atom stereocenters. The second kappa shape index (κ2) is 6.45. The molecule has 0 aromatic heterocycles. The fourth-order valence-corrected chi connectivity index (χ4v) is 3.84. The van der Waals surface area contributed by atoms with Gasteiger partial charge in [-0.2, -0.15) is 0 Å². The summed E-state index contributed by atoms with van der Waals surface area (Å²) < 4.78 is 6.35. The molecule has 0 saturated heterocycles. The molecule has 1 aliphatic rings. The summed E-state index contributed by atoms with van der Waals surface area (Å²) in [5.74, 6) is -1.11. The van der Waals surface area contributed by atoms with Gasteiger partial charge in [0.1, 0.15) is 12.4 Å². The Morgan fingerprint density at radius 2 is 1.91 bits per heavy atom. The number of fused-ring (bicyclic) bond motifs is 1. The van der Waals surface area contributed by atoms with Crippen LogP contribution in [0.1, 0.15) is 27.4 Å². The van der Waals surface area contributed by atoms with Gasteiger partial charge in [-0.3, -0.25) is 4.79 Å². The number of hydrogen-bond donors (Lipinski definition) is 0. The van der Waals surface area contributed by atoms with Crippen LogP contribution in [-0.2, 0) is 11.2 Å². The van der Waals surface area contributed by atoms with Crippen molar-refractivity contribution in [2.45, 2.75) is 12.3 Å². The number of ketones is 1. The summed E-state index contributed by atoms with van der Waals surface area (Å²) in [7, 11) is 0. The van der Waals surface area contributed by atoms with Gasteiger partial charge in [-0.25, -0.2) is 0 Å². The van der Waals surface area contributed by atoms with Crippen LogP contribution in [-0.4, -0.2) is 18.4 Å². The number of carboxylic acid groups (broad SMARTS) is 1. The van der Waals surface area contributed by atoms with Gasteiger partial charge in [0.15, 0.2) is 5.78 Å². The van der Waals surface area contributed by atoms with Crippen LogP contribution >= 0.6 is 31.9 Å². The maximum absolute atomic E-state index is 12.8. The van der Waals surface area contributed by atoms with Crippen molar-refractivity contribution < 1.29 is 19.4 Å². The number of hydrogen-bond acceptors (Lipinski definition) is 4. The SMILES string of the molecule is O=C([O-])COc1cc2c(c(Br)c1Br)C(=O)C(c1ccccc1)C2. The maximum atomic E-state index is 12.8. The minimum absolute atomic E-state index is 0.0465. The number of benzene rings is 2. The molecule has 1 atom stereocenters. The van der Waals surface area contributed by atoms with E-state index in [1.165, 1.54) is 0 Å². The predicted molar refractivity (Wildman–Crippen MR) is 89.6 cm³/mol. The molecule has 23 heavy (non-hydrogen) atoms. The van der Waals surface area contributed by atoms with E-state index in [-0.39, 0.29) is 11.7 Å². The van der Waals surface area contributed by atoms with Crippen LogP contribution in [0.4, 0.5) is 0 Å². The molecular weight excluding hydrogens is 428 g/mol. The van der Waals surface area contributed by atoms with Crippen molar-refractivity contribution in [3.05, 3.63) is 62.0 Å². The lowest BCUT2D eigenvalue weighted by Crippen LogP contribution is -2.29. The Bertz CT molecular complexity index is 787. The number of rotatable bonds is 4. The Morgan fingerprint density at radius 3 is 2.57 bits per heavy atom. The summed E-state index contributed by atoms with van der Waals surface area (Å²) >= 11 is 6.77. The van der Waals surface area contributed by atoms with Crippen molar-refractivity contribution in [1.29, 1.82) is 0 Å². The Labute approximate surface area is 149 Å². The summed E-state index contributed by atoms with van der Waals surface area (Å²) in [6.07, 6.45) is 0.561. The number of Topliss-reactive ketones (excluding diaryl/α,β-unsaturated/α-hetero) is 1. The van der Waals surface area contributed by atoms with Gasteiger partial charge in [-0.15, -0.1) is 0 Å². The smallest absolute Gasteiger partial charge is 0.172 e. The molecule has 4 nitrogen and oxygen atoms in total. The maximum Gasteiger partial charge on any atom is 0.172 e. The third kappa shape index (κ3) is 3.05. The number of halogens is 2. The number of carbonyl (C=O) groups excluding carboxylic acids is 2. The van der Waals surface area contributed by atoms with E-state index in [1.54, 1.807) is 6.07 Å². The fourth-order valence-electron chi connectivity index (χ4n) is 2.76. The molecule has 2 aromatic rings. The molecule has 0 spiro atoms. The summed E-state index contributed by atoms with van der Waals surface area (Å²) in [4.78, 5) is 23.3. The fraction of sp³-hybridized carbons (Fsp3) is 0.176. The van der Waals surface area contributed by atoms with Gasteiger partial charge in [0, 0.05) is 10.0 Å². The zero-order valence-electron chi connectivity index (χ0n) is 11.8. The summed E-state index contributed by atoms with van der Waals surface area (Å²) in [5.41, 5.74) is 2.42. The first-order valence-corrected chi connectivity index (χ1v) is 8.50. The number of carboxylic acids is 1. The summed E-state index contributed by atoms with van der Waals surface area (Å²) in [6, 6.07) is 11.3. The Morgan fingerprint density at radius 1 is 1.22 bits per heavy atom. The lowest BCUT2D eigenvalue weighted by atomic mass is 9.95. The summed E-state index contributed by atoms with van der Waals surface area (Å²) in [6.45, 7) is -0.542. The van der Waals surface area contributed by atoms with Crippen molar-refractivity contribution in [2.75, 3.05) is 6.61 Å². The first-order valence-electron chi connectivity index (χ1n) is 6.91. The predicted octanol–water partition coefficient (Wildman–Crippen LogP) is 2.86. The van der Waals surface area contributed by atoms with E-state index in [9.17, 15) is 14.7 Å². The van der Waals surface area contributed by atoms with Gasteiger partial charge in [0.2, 0.25) is 0 Å². The highest BCUT2D eigenvalue weighted by molar-refractivity contribution is 9.13. The van der Waals surface area contributed by atoms with E-state index >= 15 is 0 Å². The van der Waals surface area contributed by atoms with Crippen molar-refractivity contribution >= 4 is 43.6 Å². The molecule has 0 aliphatic heterocycles. The highest BCUT2D eigenvalue weighted by atomic mass is 79.9. The molecule has 1 aliphatic carbocycles. The van der Waals surface area contributed by atoms with Crippen LogP contribution in [0, 0.1) is 0 Å². The van der Waals surface area contributed by atoms with Crippen molar-refractivity contribution in [2.24, 2.45) is 0 Å². The molecule has 0 bridgehead atoms. The zero-order chi connectivity index (χ0) is 16.6. The van der Waals surface area contributed by atoms with E-state index in [4.69, 9.17) is 4.74 Å². The van der Waals surface area contributed by atoms with E-state index in [0.717, 1.165) is 11.1 Å². The van der Waals surface area contributed by atoms with Gasteiger partial charge in [-0.05, 0) is 55.5 Å². The Hall–Kier alpha value is -1.66. The van der Waals surface area contributed by atoms with Crippen LogP contribution in [0.3, 0.4) is 0 Å². The number of ether oxygens (including phenoxy) is 1. The molecule has 2 aromatic carbocycles. The van der Waals surface area contributed by atoms with Gasteiger partial charge < -0.3 is 14.6 Å². The molecular formula is C17H11Br2O4-. The topological polar surface area (TPSA) is 66.4 Å². The van der Waals surface area contributed by atoms with Crippen LogP contribution in [0.15, 0.2) is 45.3 Å². The Balaban J connectivity index is 1.98. The van der Waals surface area contributed by atoms with Crippen LogP contribution < -0.4 is 9.84 Å². The largest absolute Gasteiger partial charge is 0.546 e. The van der Waals surface area contributed by atoms with Gasteiger partial charge in [0.05, 0.1) is 16.4 Å². The van der Waals surface area contributed by atoms with Crippen molar-refractivity contribution in [1.82, 2.24) is 0 Å². The summed E-state index contributed by atoms with van der Waals surface area (Å²) in [5, 5.41) is 10.6. The molecule has 0 radical (unpaired) electrons. The minimum atomic E-state index is -1.30. The lowest BCUT2D eigenvalue weighted by Gasteiger charge is -2.12. The first kappa shape index (κ1) is 16.2. The Kier molecular flexibility index (Phi) is 4.55. The van der Waals surface area contributed by atoms with Gasteiger partial charge in [0.25, 0.3) is 0 Å². The third-order valence-corrected chi connectivity index (χ3v) is 5.90. The van der Waals surface area contributed by atoms with E-state index < -0.39 is 12.6 Å². The average Bonchev–Trinajstić information content (AvgIpc) is 2.87. The van der Waals surface area contributed by atoms with E-state index in [1.807, 2.05) is 30.3 Å². The van der Waals surface area contributed by atoms with E-state index in [0.29, 0.717) is 26.7 Å². The number of carbonyl (C=O) groups is 2. The van der Waals surface area contributed by atoms with Crippen LogP contribution in [0.25, 0.3) is 0 Å². The molecule has 6 heteroatoms.